The van der Waals surface area contributed by atoms with Gasteiger partial charge in [0.25, 0.3) is 0 Å². The first kappa shape index (κ1) is 12.4. The van der Waals surface area contributed by atoms with Crippen LogP contribution in [0.3, 0.4) is 0 Å². The smallest absolute Gasteiger partial charge is 0.234 e. The van der Waals surface area contributed by atoms with Crippen LogP contribution >= 0.6 is 12.2 Å². The maximum absolute atomic E-state index is 12.0. The van der Waals surface area contributed by atoms with Gasteiger partial charge in [0.05, 0.1) is 10.4 Å². The van der Waals surface area contributed by atoms with Crippen molar-refractivity contribution in [1.29, 1.82) is 0 Å². The number of rotatable bonds is 4. The number of carbonyl (C=O) groups excluding carboxylic acids is 1. The first-order chi connectivity index (χ1) is 6.76. The standard InChI is InChI=1S/C11H20N2OS/c1-7-5-8(7)6-13(4)10(14)11(2,3)9(12)15/h7-8H,5-6H2,1-4H3,(H2,12,15). The highest BCUT2D eigenvalue weighted by Crippen LogP contribution is 2.38. The fourth-order valence-electron chi connectivity index (χ4n) is 1.67. The third-order valence-electron chi connectivity index (χ3n) is 3.28. The maximum Gasteiger partial charge on any atom is 0.234 e. The van der Waals surface area contributed by atoms with Gasteiger partial charge in [-0.3, -0.25) is 4.79 Å². The normalized spacial score (nSPS) is 24.8. The van der Waals surface area contributed by atoms with Crippen molar-refractivity contribution in [3.05, 3.63) is 0 Å². The lowest BCUT2D eigenvalue weighted by atomic mass is 9.91. The summed E-state index contributed by atoms with van der Waals surface area (Å²) in [6.07, 6.45) is 1.23. The minimum Gasteiger partial charge on any atom is -0.392 e. The molecule has 3 nitrogen and oxygen atoms in total. The summed E-state index contributed by atoms with van der Waals surface area (Å²) >= 11 is 4.91. The van der Waals surface area contributed by atoms with E-state index in [0.29, 0.717) is 5.92 Å². The molecule has 0 bridgehead atoms. The number of carbonyl (C=O) groups is 1. The molecule has 1 rings (SSSR count). The van der Waals surface area contributed by atoms with E-state index >= 15 is 0 Å². The summed E-state index contributed by atoms with van der Waals surface area (Å²) in [5.74, 6) is 1.45. The molecule has 1 fully saturated rings. The Morgan fingerprint density at radius 3 is 2.40 bits per heavy atom. The zero-order valence-corrected chi connectivity index (χ0v) is 10.7. The van der Waals surface area contributed by atoms with Crippen LogP contribution in [0.5, 0.6) is 0 Å². The number of thiocarbonyl (C=S) groups is 1. The molecule has 15 heavy (non-hydrogen) atoms. The number of amides is 1. The Morgan fingerprint density at radius 2 is 2.07 bits per heavy atom. The number of hydrogen-bond donors (Lipinski definition) is 1. The van der Waals surface area contributed by atoms with Crippen LogP contribution in [0.15, 0.2) is 0 Å². The SMILES string of the molecule is CC1CC1CN(C)C(=O)C(C)(C)C(N)=S. The van der Waals surface area contributed by atoms with Crippen LogP contribution in [-0.2, 0) is 4.79 Å². The Hall–Kier alpha value is -0.640. The van der Waals surface area contributed by atoms with Crippen LogP contribution in [-0.4, -0.2) is 29.4 Å². The molecule has 86 valence electrons. The Labute approximate surface area is 97.0 Å². The van der Waals surface area contributed by atoms with Crippen LogP contribution in [0.2, 0.25) is 0 Å². The molecule has 2 atom stereocenters. The van der Waals surface area contributed by atoms with E-state index < -0.39 is 5.41 Å². The van der Waals surface area contributed by atoms with Gasteiger partial charge in [0.2, 0.25) is 5.91 Å². The lowest BCUT2D eigenvalue weighted by molar-refractivity contribution is -0.135. The Kier molecular flexibility index (Phi) is 3.38. The second-order valence-corrected chi connectivity index (χ2v) is 5.59. The van der Waals surface area contributed by atoms with Gasteiger partial charge in [-0.25, -0.2) is 0 Å². The van der Waals surface area contributed by atoms with Crippen molar-refractivity contribution in [3.63, 3.8) is 0 Å². The lowest BCUT2D eigenvalue weighted by Gasteiger charge is -2.28. The van der Waals surface area contributed by atoms with Crippen molar-refractivity contribution in [2.75, 3.05) is 13.6 Å². The third-order valence-corrected chi connectivity index (χ3v) is 3.79. The average Bonchev–Trinajstić information content (AvgIpc) is 2.79. The quantitative estimate of drug-likeness (QED) is 0.740. The summed E-state index contributed by atoms with van der Waals surface area (Å²) in [5.41, 5.74) is 4.85. The minimum atomic E-state index is -0.720. The molecule has 0 aromatic carbocycles. The molecule has 1 aliphatic rings. The van der Waals surface area contributed by atoms with Gasteiger partial charge in [0, 0.05) is 13.6 Å². The third kappa shape index (κ3) is 2.68. The lowest BCUT2D eigenvalue weighted by Crippen LogP contribution is -2.46. The number of nitrogens with zero attached hydrogens (tertiary/aromatic N) is 1. The van der Waals surface area contributed by atoms with E-state index in [4.69, 9.17) is 18.0 Å². The highest BCUT2D eigenvalue weighted by atomic mass is 32.1. The average molecular weight is 228 g/mol. The molecule has 0 heterocycles. The first-order valence-electron chi connectivity index (χ1n) is 5.32. The first-order valence-corrected chi connectivity index (χ1v) is 5.73. The Morgan fingerprint density at radius 1 is 1.60 bits per heavy atom. The zero-order chi connectivity index (χ0) is 11.8. The van der Waals surface area contributed by atoms with Gasteiger partial charge in [0.15, 0.2) is 0 Å². The van der Waals surface area contributed by atoms with E-state index in [1.165, 1.54) is 6.42 Å². The van der Waals surface area contributed by atoms with Crippen LogP contribution < -0.4 is 5.73 Å². The summed E-state index contributed by atoms with van der Waals surface area (Å²) in [4.78, 5) is 14.1. The zero-order valence-electron chi connectivity index (χ0n) is 9.91. The molecule has 0 radical (unpaired) electrons. The van der Waals surface area contributed by atoms with Gasteiger partial charge >= 0.3 is 0 Å². The summed E-state index contributed by atoms with van der Waals surface area (Å²) < 4.78 is 0. The second-order valence-electron chi connectivity index (χ2n) is 5.15. The molecule has 0 spiro atoms. The van der Waals surface area contributed by atoms with E-state index in [-0.39, 0.29) is 10.9 Å². The van der Waals surface area contributed by atoms with Crippen molar-refractivity contribution in [2.45, 2.75) is 27.2 Å². The Bertz CT molecular complexity index is 288. The Balaban J connectivity index is 2.55. The number of hydrogen-bond acceptors (Lipinski definition) is 2. The minimum absolute atomic E-state index is 0.0223. The fraction of sp³-hybridized carbons (Fsp3) is 0.818. The van der Waals surface area contributed by atoms with Gasteiger partial charge < -0.3 is 10.6 Å². The van der Waals surface area contributed by atoms with Crippen LogP contribution in [0.1, 0.15) is 27.2 Å². The van der Waals surface area contributed by atoms with Crippen molar-refractivity contribution in [2.24, 2.45) is 23.0 Å². The molecular formula is C11H20N2OS. The molecule has 0 aromatic rings. The van der Waals surface area contributed by atoms with Crippen molar-refractivity contribution < 1.29 is 4.79 Å². The van der Waals surface area contributed by atoms with Gasteiger partial charge in [-0.15, -0.1) is 0 Å². The van der Waals surface area contributed by atoms with Crippen molar-refractivity contribution in [3.8, 4) is 0 Å². The monoisotopic (exact) mass is 228 g/mol. The second kappa shape index (κ2) is 4.08. The number of nitrogens with two attached hydrogens (primary N) is 1. The summed E-state index contributed by atoms with van der Waals surface area (Å²) in [6.45, 7) is 6.60. The molecular weight excluding hydrogens is 208 g/mol. The van der Waals surface area contributed by atoms with E-state index in [1.807, 2.05) is 7.05 Å². The van der Waals surface area contributed by atoms with E-state index in [2.05, 4.69) is 6.92 Å². The summed E-state index contributed by atoms with van der Waals surface area (Å²) in [6, 6.07) is 0. The van der Waals surface area contributed by atoms with Crippen LogP contribution in [0, 0.1) is 17.3 Å². The molecule has 0 aromatic heterocycles. The topological polar surface area (TPSA) is 46.3 Å². The van der Waals surface area contributed by atoms with Gasteiger partial charge in [-0.2, -0.15) is 0 Å². The van der Waals surface area contributed by atoms with Crippen LogP contribution in [0.25, 0.3) is 0 Å². The molecule has 0 aliphatic heterocycles. The molecule has 2 N–H and O–H groups in total. The van der Waals surface area contributed by atoms with Gasteiger partial charge in [0.1, 0.15) is 0 Å². The van der Waals surface area contributed by atoms with E-state index in [1.54, 1.807) is 18.7 Å². The predicted octanol–water partition coefficient (Wildman–Crippen LogP) is 1.41. The predicted molar refractivity (Wildman–Crippen MR) is 65.5 cm³/mol. The molecule has 1 amide bonds. The van der Waals surface area contributed by atoms with E-state index in [9.17, 15) is 4.79 Å². The van der Waals surface area contributed by atoms with E-state index in [0.717, 1.165) is 12.5 Å². The molecule has 2 unspecified atom stereocenters. The summed E-state index contributed by atoms with van der Waals surface area (Å²) in [7, 11) is 1.83. The van der Waals surface area contributed by atoms with Gasteiger partial charge in [-0.1, -0.05) is 19.1 Å². The fourth-order valence-corrected chi connectivity index (χ4v) is 1.76. The molecule has 4 heteroatoms. The summed E-state index contributed by atoms with van der Waals surface area (Å²) in [5, 5.41) is 0. The van der Waals surface area contributed by atoms with Crippen molar-refractivity contribution in [1.82, 2.24) is 4.90 Å². The highest BCUT2D eigenvalue weighted by Gasteiger charge is 2.38. The van der Waals surface area contributed by atoms with Crippen molar-refractivity contribution >= 4 is 23.1 Å². The molecule has 1 saturated carbocycles. The largest absolute Gasteiger partial charge is 0.392 e. The van der Waals surface area contributed by atoms with Crippen LogP contribution in [0.4, 0.5) is 0 Å². The molecule has 0 saturated heterocycles. The van der Waals surface area contributed by atoms with Gasteiger partial charge in [-0.05, 0) is 32.1 Å². The highest BCUT2D eigenvalue weighted by molar-refractivity contribution is 7.80. The molecule has 1 aliphatic carbocycles. The maximum atomic E-state index is 12.0.